The third-order valence-electron chi connectivity index (χ3n) is 4.02. The van der Waals surface area contributed by atoms with E-state index in [0.717, 1.165) is 28.6 Å². The molecule has 11 heteroatoms. The second-order valence-corrected chi connectivity index (χ2v) is 6.24. The second kappa shape index (κ2) is 8.59. The number of rotatable bonds is 7. The number of nitrogens with one attached hydrogen (secondary N) is 1. The van der Waals surface area contributed by atoms with E-state index in [4.69, 9.17) is 16.7 Å². The van der Waals surface area contributed by atoms with E-state index in [9.17, 15) is 20.2 Å². The molecule has 0 aliphatic heterocycles. The third-order valence-corrected chi connectivity index (χ3v) is 4.31. The molecule has 3 rings (SSSR count). The summed E-state index contributed by atoms with van der Waals surface area (Å²) in [5.41, 5.74) is -0.176. The van der Waals surface area contributed by atoms with Crippen LogP contribution in [-0.2, 0) is 0 Å². The monoisotopic (exact) mass is 415 g/mol. The first-order valence-electron chi connectivity index (χ1n) is 8.33. The van der Waals surface area contributed by atoms with E-state index in [0.29, 0.717) is 12.2 Å². The summed E-state index contributed by atoms with van der Waals surface area (Å²) in [5.74, 6) is 0. The first kappa shape index (κ1) is 20.1. The van der Waals surface area contributed by atoms with E-state index in [-0.39, 0.29) is 17.3 Å². The van der Waals surface area contributed by atoms with Crippen LogP contribution in [0.1, 0.15) is 0 Å². The minimum atomic E-state index is -0.798. The molecule has 3 aromatic carbocycles. The molecule has 0 aromatic heterocycles. The highest BCUT2D eigenvalue weighted by molar-refractivity contribution is 6.33. The van der Waals surface area contributed by atoms with Crippen molar-refractivity contribution in [3.63, 3.8) is 0 Å². The van der Waals surface area contributed by atoms with E-state index < -0.39 is 21.2 Å². The zero-order valence-electron chi connectivity index (χ0n) is 14.8. The van der Waals surface area contributed by atoms with Crippen molar-refractivity contribution in [2.75, 3.05) is 18.5 Å². The van der Waals surface area contributed by atoms with E-state index in [1.54, 1.807) is 24.3 Å². The number of fused-ring (bicyclic) bond motifs is 1. The van der Waals surface area contributed by atoms with Crippen molar-refractivity contribution < 1.29 is 15.0 Å². The van der Waals surface area contributed by atoms with Crippen molar-refractivity contribution in [3.8, 4) is 0 Å². The van der Waals surface area contributed by atoms with Gasteiger partial charge in [0.1, 0.15) is 0 Å². The van der Waals surface area contributed by atoms with Crippen LogP contribution in [0.15, 0.2) is 58.8 Å². The molecule has 0 atom stereocenters. The maximum atomic E-state index is 11.3. The summed E-state index contributed by atoms with van der Waals surface area (Å²) in [4.78, 5) is 20.7. The van der Waals surface area contributed by atoms with Crippen LogP contribution in [0, 0.1) is 20.2 Å². The molecule has 0 radical (unpaired) electrons. The molecule has 148 valence electrons. The van der Waals surface area contributed by atoms with Gasteiger partial charge in [-0.15, -0.1) is 10.2 Å². The molecule has 0 heterocycles. The zero-order chi connectivity index (χ0) is 21.0. The van der Waals surface area contributed by atoms with Gasteiger partial charge in [0.15, 0.2) is 5.69 Å². The first-order chi connectivity index (χ1) is 13.9. The van der Waals surface area contributed by atoms with Crippen molar-refractivity contribution in [1.82, 2.24) is 0 Å². The summed E-state index contributed by atoms with van der Waals surface area (Å²) in [6.45, 7) is 0.341. The summed E-state index contributed by atoms with van der Waals surface area (Å²) < 4.78 is 0. The van der Waals surface area contributed by atoms with Crippen LogP contribution in [0.2, 0.25) is 5.02 Å². The van der Waals surface area contributed by atoms with Gasteiger partial charge in [0.2, 0.25) is 0 Å². The number of nitro groups is 2. The highest BCUT2D eigenvalue weighted by Gasteiger charge is 2.23. The van der Waals surface area contributed by atoms with Gasteiger partial charge in [-0.3, -0.25) is 20.2 Å². The van der Waals surface area contributed by atoms with Gasteiger partial charge >= 0.3 is 5.69 Å². The normalized spacial score (nSPS) is 11.1. The molecule has 10 nitrogen and oxygen atoms in total. The number of benzene rings is 3. The number of non-ortho nitro benzene ring substituents is 1. The Morgan fingerprint density at radius 1 is 1.00 bits per heavy atom. The summed E-state index contributed by atoms with van der Waals surface area (Å²) in [6, 6.07) is 12.5. The van der Waals surface area contributed by atoms with Gasteiger partial charge in [-0.05, 0) is 12.1 Å². The maximum absolute atomic E-state index is 11.3. The molecule has 0 fully saturated rings. The summed E-state index contributed by atoms with van der Waals surface area (Å²) in [7, 11) is 0. The van der Waals surface area contributed by atoms with Crippen molar-refractivity contribution >= 4 is 50.8 Å². The molecule has 0 saturated heterocycles. The molecular formula is C18H14ClN5O5. The highest BCUT2D eigenvalue weighted by Crippen LogP contribution is 2.40. The van der Waals surface area contributed by atoms with Crippen molar-refractivity contribution in [1.29, 1.82) is 0 Å². The smallest absolute Gasteiger partial charge is 0.305 e. The minimum absolute atomic E-state index is 0.0297. The lowest BCUT2D eigenvalue weighted by atomic mass is 10.1. The number of azo groups is 1. The van der Waals surface area contributed by atoms with E-state index in [2.05, 4.69) is 15.5 Å². The van der Waals surface area contributed by atoms with E-state index in [1.165, 1.54) is 0 Å². The van der Waals surface area contributed by atoms with Crippen LogP contribution in [0.25, 0.3) is 10.8 Å². The highest BCUT2D eigenvalue weighted by atomic mass is 35.5. The molecule has 0 aliphatic rings. The summed E-state index contributed by atoms with van der Waals surface area (Å²) in [6.07, 6.45) is 0. The predicted octanol–water partition coefficient (Wildman–Crippen LogP) is 5.13. The van der Waals surface area contributed by atoms with Crippen LogP contribution >= 0.6 is 11.6 Å². The Labute approximate surface area is 168 Å². The van der Waals surface area contributed by atoms with Gasteiger partial charge in [0.05, 0.1) is 33.2 Å². The fourth-order valence-electron chi connectivity index (χ4n) is 2.73. The number of halogens is 1. The Bertz CT molecular complexity index is 1140. The Balaban J connectivity index is 2.08. The number of hydrogen-bond acceptors (Lipinski definition) is 8. The van der Waals surface area contributed by atoms with Crippen LogP contribution < -0.4 is 5.32 Å². The lowest BCUT2D eigenvalue weighted by Gasteiger charge is -2.10. The Morgan fingerprint density at radius 3 is 2.38 bits per heavy atom. The standard InChI is InChI=1S/C18H14ClN5O5/c19-14-9-11(23(26)27)10-17(24(28)29)18(14)22-21-16-6-5-15(20-7-8-25)12-3-1-2-4-13(12)16/h1-6,9-10,20,25H,7-8H2. The molecule has 2 N–H and O–H groups in total. The first-order valence-corrected chi connectivity index (χ1v) is 8.70. The average Bonchev–Trinajstić information content (AvgIpc) is 2.71. The largest absolute Gasteiger partial charge is 0.395 e. The molecule has 0 unspecified atom stereocenters. The number of aliphatic hydroxyl groups is 1. The Hall–Kier alpha value is -3.63. The zero-order valence-corrected chi connectivity index (χ0v) is 15.5. The van der Waals surface area contributed by atoms with E-state index in [1.807, 2.05) is 12.1 Å². The number of hydrogen-bond donors (Lipinski definition) is 2. The minimum Gasteiger partial charge on any atom is -0.395 e. The number of aliphatic hydroxyl groups excluding tert-OH is 1. The van der Waals surface area contributed by atoms with Crippen molar-refractivity contribution in [3.05, 3.63) is 73.8 Å². The molecule has 29 heavy (non-hydrogen) atoms. The lowest BCUT2D eigenvalue weighted by molar-refractivity contribution is -0.393. The van der Waals surface area contributed by atoms with Gasteiger partial charge < -0.3 is 10.4 Å². The number of anilines is 1. The van der Waals surface area contributed by atoms with Crippen LogP contribution in [-0.4, -0.2) is 28.1 Å². The fourth-order valence-corrected chi connectivity index (χ4v) is 2.98. The molecule has 3 aromatic rings. The molecule has 0 bridgehead atoms. The quantitative estimate of drug-likeness (QED) is 0.311. The van der Waals surface area contributed by atoms with Gasteiger partial charge in [-0.1, -0.05) is 35.9 Å². The lowest BCUT2D eigenvalue weighted by Crippen LogP contribution is -2.05. The number of nitrogens with zero attached hydrogens (tertiary/aromatic N) is 4. The fraction of sp³-hybridized carbons (Fsp3) is 0.111. The average molecular weight is 416 g/mol. The molecular weight excluding hydrogens is 402 g/mol. The molecule has 0 aliphatic carbocycles. The van der Waals surface area contributed by atoms with Gasteiger partial charge in [0.25, 0.3) is 5.69 Å². The molecule has 0 spiro atoms. The van der Waals surface area contributed by atoms with E-state index >= 15 is 0 Å². The SMILES string of the molecule is O=[N+]([O-])c1cc(Cl)c(N=Nc2ccc(NCCO)c3ccccc23)c([N+](=O)[O-])c1. The number of nitro benzene ring substituents is 2. The topological polar surface area (TPSA) is 143 Å². The summed E-state index contributed by atoms with van der Waals surface area (Å²) >= 11 is 5.99. The van der Waals surface area contributed by atoms with Crippen LogP contribution in [0.4, 0.5) is 28.4 Å². The second-order valence-electron chi connectivity index (χ2n) is 5.84. The van der Waals surface area contributed by atoms with Crippen LogP contribution in [0.3, 0.4) is 0 Å². The Morgan fingerprint density at radius 2 is 1.72 bits per heavy atom. The third kappa shape index (κ3) is 4.28. The predicted molar refractivity (Wildman–Crippen MR) is 108 cm³/mol. The molecule has 0 amide bonds. The Kier molecular flexibility index (Phi) is 5.96. The molecule has 0 saturated carbocycles. The van der Waals surface area contributed by atoms with Crippen LogP contribution in [0.5, 0.6) is 0 Å². The van der Waals surface area contributed by atoms with Crippen molar-refractivity contribution in [2.45, 2.75) is 0 Å². The van der Waals surface area contributed by atoms with Crippen molar-refractivity contribution in [2.24, 2.45) is 10.2 Å². The van der Waals surface area contributed by atoms with Gasteiger partial charge in [-0.2, -0.15) is 0 Å². The maximum Gasteiger partial charge on any atom is 0.305 e. The summed E-state index contributed by atoms with van der Waals surface area (Å²) in [5, 5.41) is 43.6. The van der Waals surface area contributed by atoms with Gasteiger partial charge in [-0.25, -0.2) is 0 Å². The van der Waals surface area contributed by atoms with Gasteiger partial charge in [0, 0.05) is 29.1 Å².